The smallest absolute Gasteiger partial charge is 0.247 e. The molecule has 1 N–H and O–H groups in total. The summed E-state index contributed by atoms with van der Waals surface area (Å²) in [4.78, 5) is 18.9. The Bertz CT molecular complexity index is 735. The van der Waals surface area contributed by atoms with Gasteiger partial charge in [0.2, 0.25) is 12.4 Å². The van der Waals surface area contributed by atoms with Crippen LogP contribution in [0.1, 0.15) is 5.56 Å². The first-order valence-corrected chi connectivity index (χ1v) is 7.20. The molecule has 0 atom stereocenters. The standard InChI is InChI=1S/C15H15N7O/c16-9-12-3-1-2-4-13(12)18-14-10-17-20-15(19-14)22-7-5-21(11-23)6-8-22/h1-4,10-11H,5-8H2,(H,18,19,20). The monoisotopic (exact) mass is 309 g/mol. The van der Waals surface area contributed by atoms with Gasteiger partial charge >= 0.3 is 0 Å². The Morgan fingerprint density at radius 3 is 2.74 bits per heavy atom. The fourth-order valence-corrected chi connectivity index (χ4v) is 2.34. The second-order valence-electron chi connectivity index (χ2n) is 5.05. The number of hydrogen-bond acceptors (Lipinski definition) is 7. The molecule has 0 saturated carbocycles. The molecule has 3 rings (SSSR count). The van der Waals surface area contributed by atoms with Gasteiger partial charge in [-0.2, -0.15) is 15.3 Å². The minimum Gasteiger partial charge on any atom is -0.342 e. The minimum atomic E-state index is 0.509. The highest BCUT2D eigenvalue weighted by Gasteiger charge is 2.18. The molecule has 1 aliphatic rings. The van der Waals surface area contributed by atoms with E-state index in [1.165, 1.54) is 6.20 Å². The van der Waals surface area contributed by atoms with E-state index in [1.54, 1.807) is 17.0 Å². The van der Waals surface area contributed by atoms with Gasteiger partial charge in [0.15, 0.2) is 5.82 Å². The van der Waals surface area contributed by atoms with Crippen LogP contribution in [0.25, 0.3) is 0 Å². The molecule has 1 fully saturated rings. The zero-order valence-electron chi connectivity index (χ0n) is 12.4. The topological polar surface area (TPSA) is 98.0 Å². The molecule has 116 valence electrons. The fourth-order valence-electron chi connectivity index (χ4n) is 2.34. The van der Waals surface area contributed by atoms with Crippen molar-refractivity contribution < 1.29 is 4.79 Å². The van der Waals surface area contributed by atoms with Gasteiger partial charge in [0.1, 0.15) is 6.07 Å². The number of hydrogen-bond donors (Lipinski definition) is 1. The fraction of sp³-hybridized carbons (Fsp3) is 0.267. The average Bonchev–Trinajstić information content (AvgIpc) is 2.62. The number of benzene rings is 1. The van der Waals surface area contributed by atoms with E-state index in [2.05, 4.69) is 26.6 Å². The molecule has 2 heterocycles. The highest BCUT2D eigenvalue weighted by Crippen LogP contribution is 2.19. The number of anilines is 3. The van der Waals surface area contributed by atoms with Gasteiger partial charge in [-0.1, -0.05) is 12.1 Å². The molecular formula is C15H15N7O. The number of rotatable bonds is 4. The number of aromatic nitrogens is 3. The van der Waals surface area contributed by atoms with Crippen LogP contribution < -0.4 is 10.2 Å². The van der Waals surface area contributed by atoms with Gasteiger partial charge in [-0.3, -0.25) is 4.79 Å². The number of para-hydroxylation sites is 1. The van der Waals surface area contributed by atoms with Crippen LogP contribution in [0.2, 0.25) is 0 Å². The number of carbonyl (C=O) groups excluding carboxylic acids is 1. The molecule has 0 spiro atoms. The van der Waals surface area contributed by atoms with E-state index >= 15 is 0 Å². The van der Waals surface area contributed by atoms with Gasteiger partial charge < -0.3 is 15.1 Å². The Morgan fingerprint density at radius 2 is 2.00 bits per heavy atom. The van der Waals surface area contributed by atoms with Crippen molar-refractivity contribution >= 4 is 23.9 Å². The van der Waals surface area contributed by atoms with Gasteiger partial charge in [-0.05, 0) is 12.1 Å². The molecule has 2 aromatic rings. The van der Waals surface area contributed by atoms with Gasteiger partial charge in [0.25, 0.3) is 0 Å². The van der Waals surface area contributed by atoms with Crippen LogP contribution in [0.4, 0.5) is 17.5 Å². The second-order valence-corrected chi connectivity index (χ2v) is 5.05. The Hall–Kier alpha value is -3.21. The molecule has 1 aromatic carbocycles. The maximum atomic E-state index is 10.7. The van der Waals surface area contributed by atoms with E-state index < -0.39 is 0 Å². The van der Waals surface area contributed by atoms with E-state index in [0.29, 0.717) is 49.2 Å². The molecule has 23 heavy (non-hydrogen) atoms. The number of nitriles is 1. The Kier molecular flexibility index (Phi) is 4.29. The van der Waals surface area contributed by atoms with Gasteiger partial charge in [0, 0.05) is 26.2 Å². The first-order valence-electron chi connectivity index (χ1n) is 7.20. The van der Waals surface area contributed by atoms with Gasteiger partial charge in [-0.15, -0.1) is 5.10 Å². The van der Waals surface area contributed by atoms with Crippen LogP contribution in [0, 0.1) is 11.3 Å². The van der Waals surface area contributed by atoms with Crippen LogP contribution in [0.3, 0.4) is 0 Å². The predicted octanol–water partition coefficient (Wildman–Crippen LogP) is 0.765. The normalized spacial score (nSPS) is 14.2. The maximum absolute atomic E-state index is 10.7. The molecule has 0 aliphatic carbocycles. The van der Waals surface area contributed by atoms with E-state index in [0.717, 1.165) is 6.41 Å². The van der Waals surface area contributed by atoms with Gasteiger partial charge in [-0.25, -0.2) is 0 Å². The Balaban J connectivity index is 1.75. The predicted molar refractivity (Wildman–Crippen MR) is 84.1 cm³/mol. The lowest BCUT2D eigenvalue weighted by molar-refractivity contribution is -0.118. The van der Waals surface area contributed by atoms with Crippen molar-refractivity contribution in [2.24, 2.45) is 0 Å². The lowest BCUT2D eigenvalue weighted by atomic mass is 10.2. The summed E-state index contributed by atoms with van der Waals surface area (Å²) in [5.74, 6) is 1.03. The Morgan fingerprint density at radius 1 is 1.22 bits per heavy atom. The third kappa shape index (κ3) is 3.35. The van der Waals surface area contributed by atoms with Crippen LogP contribution in [0.15, 0.2) is 30.5 Å². The van der Waals surface area contributed by atoms with Crippen LogP contribution in [0.5, 0.6) is 0 Å². The third-order valence-corrected chi connectivity index (χ3v) is 3.60. The molecule has 0 bridgehead atoms. The molecule has 1 aromatic heterocycles. The zero-order chi connectivity index (χ0) is 16.1. The lowest BCUT2D eigenvalue weighted by Crippen LogP contribution is -2.46. The second kappa shape index (κ2) is 6.70. The molecule has 0 radical (unpaired) electrons. The molecule has 1 saturated heterocycles. The number of carbonyl (C=O) groups is 1. The van der Waals surface area contributed by atoms with Gasteiger partial charge in [0.05, 0.1) is 17.4 Å². The Labute approximate surface area is 133 Å². The summed E-state index contributed by atoms with van der Waals surface area (Å²) in [6.07, 6.45) is 2.37. The molecular weight excluding hydrogens is 294 g/mol. The summed E-state index contributed by atoms with van der Waals surface area (Å²) in [6, 6.07) is 9.32. The number of piperazine rings is 1. The molecule has 1 amide bonds. The summed E-state index contributed by atoms with van der Waals surface area (Å²) in [6.45, 7) is 2.61. The van der Waals surface area contributed by atoms with E-state index in [1.807, 2.05) is 17.0 Å². The lowest BCUT2D eigenvalue weighted by Gasteiger charge is -2.32. The minimum absolute atomic E-state index is 0.509. The quantitative estimate of drug-likeness (QED) is 0.833. The summed E-state index contributed by atoms with van der Waals surface area (Å²) in [5, 5.41) is 20.2. The molecule has 8 heteroatoms. The highest BCUT2D eigenvalue weighted by molar-refractivity contribution is 5.64. The average molecular weight is 309 g/mol. The van der Waals surface area contributed by atoms with Crippen molar-refractivity contribution in [2.45, 2.75) is 0 Å². The van der Waals surface area contributed by atoms with E-state index in [-0.39, 0.29) is 0 Å². The summed E-state index contributed by atoms with van der Waals surface area (Å²) >= 11 is 0. The van der Waals surface area contributed by atoms with Crippen molar-refractivity contribution in [2.75, 3.05) is 36.4 Å². The van der Waals surface area contributed by atoms with Crippen molar-refractivity contribution in [3.05, 3.63) is 36.0 Å². The molecule has 1 aliphatic heterocycles. The van der Waals surface area contributed by atoms with Crippen molar-refractivity contribution in [3.63, 3.8) is 0 Å². The first-order chi connectivity index (χ1) is 11.3. The van der Waals surface area contributed by atoms with E-state index in [9.17, 15) is 4.79 Å². The number of nitrogens with zero attached hydrogens (tertiary/aromatic N) is 6. The third-order valence-electron chi connectivity index (χ3n) is 3.60. The molecule has 8 nitrogen and oxygen atoms in total. The summed E-state index contributed by atoms with van der Waals surface area (Å²) in [5.41, 5.74) is 1.21. The van der Waals surface area contributed by atoms with Crippen molar-refractivity contribution in [3.8, 4) is 6.07 Å². The number of nitrogens with one attached hydrogen (secondary N) is 1. The molecule has 0 unspecified atom stereocenters. The zero-order valence-corrected chi connectivity index (χ0v) is 12.4. The van der Waals surface area contributed by atoms with E-state index in [4.69, 9.17) is 5.26 Å². The SMILES string of the molecule is N#Cc1ccccc1Nc1cnnc(N2CCN(C=O)CC2)n1. The van der Waals surface area contributed by atoms with Crippen LogP contribution >= 0.6 is 0 Å². The summed E-state index contributed by atoms with van der Waals surface area (Å²) < 4.78 is 0. The highest BCUT2D eigenvalue weighted by atomic mass is 16.1. The summed E-state index contributed by atoms with van der Waals surface area (Å²) in [7, 11) is 0. The van der Waals surface area contributed by atoms with Crippen molar-refractivity contribution in [1.29, 1.82) is 5.26 Å². The maximum Gasteiger partial charge on any atom is 0.247 e. The van der Waals surface area contributed by atoms with Crippen LogP contribution in [-0.2, 0) is 4.79 Å². The largest absolute Gasteiger partial charge is 0.342 e. The first kappa shape index (κ1) is 14.7. The van der Waals surface area contributed by atoms with Crippen LogP contribution in [-0.4, -0.2) is 52.7 Å². The van der Waals surface area contributed by atoms with Crippen molar-refractivity contribution in [1.82, 2.24) is 20.1 Å². The number of amides is 1.